The molecule has 248 valence electrons. The number of rotatable bonds is 12. The molecule has 2 aliphatic heterocycles. The molecule has 43 heavy (non-hydrogen) atoms. The van der Waals surface area contributed by atoms with Crippen LogP contribution in [0.3, 0.4) is 0 Å². The Morgan fingerprint density at radius 1 is 0.581 bits per heavy atom. The van der Waals surface area contributed by atoms with Gasteiger partial charge in [-0.05, 0) is 27.7 Å². The molecule has 0 aromatic rings. The van der Waals surface area contributed by atoms with E-state index in [1.165, 1.54) is 27.7 Å². The summed E-state index contributed by atoms with van der Waals surface area (Å²) < 4.78 is 39.9. The van der Waals surface area contributed by atoms with Crippen molar-refractivity contribution in [3.63, 3.8) is 0 Å². The Morgan fingerprint density at radius 2 is 0.837 bits per heavy atom. The molecule has 0 radical (unpaired) electrons. The first-order valence-corrected chi connectivity index (χ1v) is 15.2. The highest BCUT2D eigenvalue weighted by Gasteiger charge is 2.55. The fourth-order valence-corrected chi connectivity index (χ4v) is 5.21. The Balaban J connectivity index is 2.58. The highest BCUT2D eigenvalue weighted by atomic mass is 35.5. The molecule has 0 bridgehead atoms. The lowest BCUT2D eigenvalue weighted by Crippen LogP contribution is -2.65. The zero-order valence-electron chi connectivity index (χ0n) is 23.8. The topological polar surface area (TPSA) is 237 Å². The average Bonchev–Trinajstić information content (AvgIpc) is 2.94. The Labute approximate surface area is 268 Å². The standard InChI is InChI=1S/C24H38Cl4N4O11/c1-7(29)19(33)39-15-13(27)11(5-25)37-23(17(15)41-21(35)9(3)31)43-24-18(42-22(36)10(4)32)16(40-20(34)8(2)30)14(28)12(6-26)38-24/h7-18,23-24H,5-6,29-32H2,1-4H3/t7-,8-,9-,10-,11+,12+,13-,14-,15-,16-,17+,18+,23+,24+/m0/s1. The lowest BCUT2D eigenvalue weighted by atomic mass is 10.00. The minimum atomic E-state index is -1.65. The van der Waals surface area contributed by atoms with Crippen LogP contribution in [-0.4, -0.2) is 120 Å². The second-order valence-electron chi connectivity index (χ2n) is 10.2. The molecule has 0 amide bonds. The van der Waals surface area contributed by atoms with E-state index >= 15 is 0 Å². The van der Waals surface area contributed by atoms with Crippen LogP contribution in [0.15, 0.2) is 0 Å². The van der Waals surface area contributed by atoms with E-state index in [1.807, 2.05) is 0 Å². The number of halogens is 4. The van der Waals surface area contributed by atoms with Gasteiger partial charge in [0.15, 0.2) is 24.4 Å². The van der Waals surface area contributed by atoms with Gasteiger partial charge in [0.1, 0.15) is 34.9 Å². The van der Waals surface area contributed by atoms with Crippen molar-refractivity contribution >= 4 is 70.3 Å². The first-order valence-electron chi connectivity index (χ1n) is 13.2. The average molecular weight is 700 g/mol. The van der Waals surface area contributed by atoms with Gasteiger partial charge in [0.2, 0.25) is 12.6 Å². The van der Waals surface area contributed by atoms with E-state index in [9.17, 15) is 19.2 Å². The molecular formula is C24H38Cl4N4O11. The molecule has 0 aliphatic carbocycles. The number of ether oxygens (including phenoxy) is 7. The molecule has 2 heterocycles. The van der Waals surface area contributed by atoms with Gasteiger partial charge in [-0.1, -0.05) is 0 Å². The summed E-state index contributed by atoms with van der Waals surface area (Å²) in [5, 5.41) is -2.32. The highest BCUT2D eigenvalue weighted by Crippen LogP contribution is 2.36. The van der Waals surface area contributed by atoms with Gasteiger partial charge in [-0.25, -0.2) is 0 Å². The predicted molar refractivity (Wildman–Crippen MR) is 153 cm³/mol. The molecule has 2 saturated heterocycles. The molecule has 0 aromatic heterocycles. The summed E-state index contributed by atoms with van der Waals surface area (Å²) in [6.45, 7) is 5.43. The molecule has 14 atom stereocenters. The van der Waals surface area contributed by atoms with Crippen LogP contribution >= 0.6 is 46.4 Å². The fourth-order valence-electron chi connectivity index (χ4n) is 3.81. The molecule has 8 N–H and O–H groups in total. The molecule has 15 nitrogen and oxygen atoms in total. The maximum absolute atomic E-state index is 12.6. The molecule has 2 aliphatic rings. The van der Waals surface area contributed by atoms with E-state index < -0.39 is 108 Å². The first kappa shape index (κ1) is 37.9. The SMILES string of the molecule is C[C@H](N)C(=O)O[C@H]1[C@@H](O[C@H]2O[C@H](CCl)[C@H](Cl)[C@H](OC(=O)[C@H](C)N)[C@H]2OC(=O)[C@H](C)N)O[C@H](CCl)[C@H](Cl)[C@@H]1OC(=O)[C@H](C)N. The van der Waals surface area contributed by atoms with Crippen LogP contribution < -0.4 is 22.9 Å². The van der Waals surface area contributed by atoms with Gasteiger partial charge in [-0.2, -0.15) is 0 Å². The second-order valence-corrected chi connectivity index (χ2v) is 11.8. The van der Waals surface area contributed by atoms with Gasteiger partial charge < -0.3 is 56.1 Å². The summed E-state index contributed by atoms with van der Waals surface area (Å²) in [5.41, 5.74) is 22.7. The van der Waals surface area contributed by atoms with E-state index in [-0.39, 0.29) is 11.8 Å². The number of hydrogen-bond acceptors (Lipinski definition) is 15. The van der Waals surface area contributed by atoms with E-state index in [0.717, 1.165) is 0 Å². The van der Waals surface area contributed by atoms with Crippen molar-refractivity contribution in [2.45, 2.75) is 112 Å². The van der Waals surface area contributed by atoms with Crippen LogP contribution in [0.4, 0.5) is 0 Å². The minimum absolute atomic E-state index is 0.231. The maximum atomic E-state index is 12.6. The summed E-state index contributed by atoms with van der Waals surface area (Å²) in [4.78, 5) is 50.3. The smallest absolute Gasteiger partial charge is 0.323 e. The number of carbonyl (C=O) groups excluding carboxylic acids is 4. The highest BCUT2D eigenvalue weighted by molar-refractivity contribution is 6.24. The number of carbonyl (C=O) groups is 4. The lowest BCUT2D eigenvalue weighted by Gasteiger charge is -2.47. The zero-order chi connectivity index (χ0) is 32.8. The zero-order valence-corrected chi connectivity index (χ0v) is 26.8. The van der Waals surface area contributed by atoms with Gasteiger partial charge in [-0.15, -0.1) is 46.4 Å². The van der Waals surface area contributed by atoms with Crippen molar-refractivity contribution in [2.75, 3.05) is 11.8 Å². The number of esters is 4. The van der Waals surface area contributed by atoms with Crippen LogP contribution in [0.1, 0.15) is 27.7 Å². The van der Waals surface area contributed by atoms with E-state index in [2.05, 4.69) is 0 Å². The van der Waals surface area contributed by atoms with Gasteiger partial charge in [0.25, 0.3) is 0 Å². The van der Waals surface area contributed by atoms with Crippen LogP contribution in [-0.2, 0) is 52.3 Å². The van der Waals surface area contributed by atoms with Crippen molar-refractivity contribution in [3.8, 4) is 0 Å². The van der Waals surface area contributed by atoms with Crippen LogP contribution in [0.5, 0.6) is 0 Å². The third kappa shape index (κ3) is 9.87. The normalized spacial score (nSPS) is 35.5. The molecule has 2 rings (SSSR count). The van der Waals surface area contributed by atoms with Crippen LogP contribution in [0.2, 0.25) is 0 Å². The van der Waals surface area contributed by atoms with Gasteiger partial charge in [0, 0.05) is 0 Å². The van der Waals surface area contributed by atoms with Crippen LogP contribution in [0, 0.1) is 0 Å². The van der Waals surface area contributed by atoms with E-state index in [4.69, 9.17) is 102 Å². The monoisotopic (exact) mass is 698 g/mol. The fraction of sp³-hybridized carbons (Fsp3) is 0.833. The van der Waals surface area contributed by atoms with Crippen molar-refractivity contribution in [2.24, 2.45) is 22.9 Å². The Morgan fingerprint density at radius 3 is 1.07 bits per heavy atom. The predicted octanol–water partition coefficient (Wildman–Crippen LogP) is -0.819. The van der Waals surface area contributed by atoms with Crippen molar-refractivity contribution in [1.82, 2.24) is 0 Å². The summed E-state index contributed by atoms with van der Waals surface area (Å²) in [7, 11) is 0. The largest absolute Gasteiger partial charge is 0.455 e. The molecule has 0 saturated carbocycles. The molecule has 0 aromatic carbocycles. The van der Waals surface area contributed by atoms with E-state index in [1.54, 1.807) is 0 Å². The van der Waals surface area contributed by atoms with Gasteiger partial charge in [-0.3, -0.25) is 19.2 Å². The third-order valence-corrected chi connectivity index (χ3v) is 7.88. The summed E-state index contributed by atoms with van der Waals surface area (Å²) in [6.07, 6.45) is -11.4. The molecule has 0 unspecified atom stereocenters. The second kappa shape index (κ2) is 16.9. The summed E-state index contributed by atoms with van der Waals surface area (Å²) in [6, 6.07) is -4.43. The van der Waals surface area contributed by atoms with Crippen molar-refractivity contribution in [1.29, 1.82) is 0 Å². The van der Waals surface area contributed by atoms with E-state index in [0.29, 0.717) is 0 Å². The molecular weight excluding hydrogens is 662 g/mol. The quantitative estimate of drug-likeness (QED) is 0.111. The molecule has 19 heteroatoms. The van der Waals surface area contributed by atoms with Crippen molar-refractivity contribution < 1.29 is 52.3 Å². The Bertz CT molecular complexity index is 906. The number of hydrogen-bond donors (Lipinski definition) is 4. The Hall–Kier alpha value is -1.24. The minimum Gasteiger partial charge on any atom is -0.455 e. The molecule has 2 fully saturated rings. The number of nitrogens with two attached hydrogens (primary N) is 4. The lowest BCUT2D eigenvalue weighted by molar-refractivity contribution is -0.350. The number of alkyl halides is 4. The van der Waals surface area contributed by atoms with Crippen LogP contribution in [0.25, 0.3) is 0 Å². The molecule has 0 spiro atoms. The summed E-state index contributed by atoms with van der Waals surface area (Å²) in [5.74, 6) is -4.12. The Kier molecular flexibility index (Phi) is 14.9. The third-order valence-electron chi connectivity index (χ3n) is 6.21. The first-order chi connectivity index (χ1) is 20.0. The van der Waals surface area contributed by atoms with Gasteiger partial charge in [0.05, 0.1) is 24.0 Å². The van der Waals surface area contributed by atoms with Gasteiger partial charge >= 0.3 is 23.9 Å². The maximum Gasteiger partial charge on any atom is 0.323 e. The summed E-state index contributed by atoms with van der Waals surface area (Å²) >= 11 is 25.3. The van der Waals surface area contributed by atoms with Crippen molar-refractivity contribution in [3.05, 3.63) is 0 Å².